The minimum atomic E-state index is -0.471. The number of nitrogens with one attached hydrogen (secondary N) is 2. The Morgan fingerprint density at radius 2 is 1.82 bits per heavy atom. The molecule has 0 radical (unpaired) electrons. The zero-order valence-corrected chi connectivity index (χ0v) is 26.4. The number of aromatic nitrogens is 4. The number of likely N-dealkylation sites (N-methyl/N-ethyl adjacent to an activating group) is 2. The molecule has 0 bridgehead atoms. The molecule has 11 nitrogen and oxygen atoms in total. The fourth-order valence-electron chi connectivity index (χ4n) is 4.72. The van der Waals surface area contributed by atoms with Crippen LogP contribution in [0.15, 0.2) is 49.2 Å². The number of ether oxygens (including phenoxy) is 2. The van der Waals surface area contributed by atoms with Crippen molar-refractivity contribution in [3.63, 3.8) is 0 Å². The van der Waals surface area contributed by atoms with Gasteiger partial charge in [-0.05, 0) is 72.1 Å². The van der Waals surface area contributed by atoms with Gasteiger partial charge < -0.3 is 29.9 Å². The topological polar surface area (TPSA) is 110 Å². The van der Waals surface area contributed by atoms with Crippen LogP contribution < -0.4 is 25.0 Å². The van der Waals surface area contributed by atoms with E-state index in [4.69, 9.17) is 14.5 Å². The predicted octanol–water partition coefficient (Wildman–Crippen LogP) is 5.88. The number of anilines is 4. The van der Waals surface area contributed by atoms with Gasteiger partial charge in [0.25, 0.3) is 6.01 Å². The molecule has 0 saturated heterocycles. The number of amides is 1. The standard InChI is InChI=1S/C32H41FN8O3/c1-9-29(42)35-24-18-25(28(43-10-2)19-26(24)40(8)15-14-39(6)7)37-31-34-13-12-23(36-31)21-16-22(33)30-27(17-21)41(20(4)5)32(38-30)44-11-3/h9,12-13,16-20H,1,10-11,14-15H2,2-8H3,(H,35,42)(H,34,36,37). The summed E-state index contributed by atoms with van der Waals surface area (Å²) in [6.45, 7) is 13.7. The quantitative estimate of drug-likeness (QED) is 0.171. The number of carbonyl (C=O) groups excluding carboxylic acids is 1. The average molecular weight is 605 g/mol. The van der Waals surface area contributed by atoms with Crippen LogP contribution in [0.4, 0.5) is 27.4 Å². The van der Waals surface area contributed by atoms with Crippen LogP contribution in [0.2, 0.25) is 0 Å². The molecule has 4 rings (SSSR count). The van der Waals surface area contributed by atoms with Crippen molar-refractivity contribution >= 4 is 40.0 Å². The summed E-state index contributed by atoms with van der Waals surface area (Å²) >= 11 is 0. The molecule has 12 heteroatoms. The van der Waals surface area contributed by atoms with Crippen LogP contribution in [0, 0.1) is 5.82 Å². The van der Waals surface area contributed by atoms with Gasteiger partial charge in [-0.1, -0.05) is 6.58 Å². The number of carbonyl (C=O) groups is 1. The highest BCUT2D eigenvalue weighted by Crippen LogP contribution is 2.38. The van der Waals surface area contributed by atoms with Crippen molar-refractivity contribution in [3.8, 4) is 23.0 Å². The van der Waals surface area contributed by atoms with E-state index in [0.717, 1.165) is 18.8 Å². The van der Waals surface area contributed by atoms with Crippen LogP contribution in [0.5, 0.6) is 11.8 Å². The van der Waals surface area contributed by atoms with Gasteiger partial charge in [-0.25, -0.2) is 14.4 Å². The molecule has 0 aliphatic rings. The van der Waals surface area contributed by atoms with E-state index < -0.39 is 5.82 Å². The lowest BCUT2D eigenvalue weighted by molar-refractivity contribution is -0.111. The molecule has 0 spiro atoms. The van der Waals surface area contributed by atoms with Crippen LogP contribution in [-0.2, 0) is 4.79 Å². The van der Waals surface area contributed by atoms with E-state index in [9.17, 15) is 4.79 Å². The first-order valence-corrected chi connectivity index (χ1v) is 14.6. The summed E-state index contributed by atoms with van der Waals surface area (Å²) in [6.07, 6.45) is 2.82. The number of nitrogens with zero attached hydrogens (tertiary/aromatic N) is 6. The maximum absolute atomic E-state index is 15.3. The van der Waals surface area contributed by atoms with Crippen LogP contribution in [0.25, 0.3) is 22.3 Å². The Morgan fingerprint density at radius 3 is 2.48 bits per heavy atom. The van der Waals surface area contributed by atoms with Crippen molar-refractivity contribution in [2.24, 2.45) is 0 Å². The Hall–Kier alpha value is -4.71. The molecule has 2 aromatic heterocycles. The molecular weight excluding hydrogens is 563 g/mol. The maximum atomic E-state index is 15.3. The van der Waals surface area contributed by atoms with Gasteiger partial charge in [0.05, 0.1) is 41.5 Å². The van der Waals surface area contributed by atoms with E-state index in [2.05, 4.69) is 32.1 Å². The molecule has 0 saturated carbocycles. The SMILES string of the molecule is C=CC(=O)Nc1cc(Nc2nccc(-c3cc(F)c4nc(OCC)n(C(C)C)c4c3)n2)c(OCC)cc1N(C)CCN(C)C. The molecule has 4 aromatic rings. The van der Waals surface area contributed by atoms with Crippen LogP contribution in [0.1, 0.15) is 33.7 Å². The van der Waals surface area contributed by atoms with Gasteiger partial charge in [0, 0.05) is 44.0 Å². The monoisotopic (exact) mass is 604 g/mol. The van der Waals surface area contributed by atoms with Crippen LogP contribution >= 0.6 is 0 Å². The summed E-state index contributed by atoms with van der Waals surface area (Å²) in [5, 5.41) is 6.14. The molecule has 0 fully saturated rings. The summed E-state index contributed by atoms with van der Waals surface area (Å²) in [5.41, 5.74) is 3.82. The molecule has 2 aromatic carbocycles. The first-order chi connectivity index (χ1) is 21.1. The molecule has 44 heavy (non-hydrogen) atoms. The van der Waals surface area contributed by atoms with Crippen molar-refractivity contribution in [3.05, 3.63) is 55.0 Å². The largest absolute Gasteiger partial charge is 0.492 e. The lowest BCUT2D eigenvalue weighted by atomic mass is 10.1. The number of halogens is 1. The van der Waals surface area contributed by atoms with E-state index in [0.29, 0.717) is 53.1 Å². The van der Waals surface area contributed by atoms with Crippen molar-refractivity contribution in [2.75, 3.05) is 63.0 Å². The van der Waals surface area contributed by atoms with Crippen LogP contribution in [0.3, 0.4) is 0 Å². The molecule has 0 unspecified atom stereocenters. The zero-order chi connectivity index (χ0) is 32.0. The van der Waals surface area contributed by atoms with Gasteiger partial charge in [-0.15, -0.1) is 0 Å². The molecule has 0 atom stereocenters. The summed E-state index contributed by atoms with van der Waals surface area (Å²) < 4.78 is 28.9. The van der Waals surface area contributed by atoms with Crippen LogP contribution in [-0.4, -0.2) is 77.8 Å². The summed E-state index contributed by atoms with van der Waals surface area (Å²) in [6, 6.07) is 9.01. The lowest BCUT2D eigenvalue weighted by Gasteiger charge is -2.26. The fourth-order valence-corrected chi connectivity index (χ4v) is 4.72. The molecule has 0 aliphatic heterocycles. The van der Waals surface area contributed by atoms with Gasteiger partial charge in [0.2, 0.25) is 11.9 Å². The van der Waals surface area contributed by atoms with Gasteiger partial charge in [0.1, 0.15) is 11.3 Å². The third-order valence-electron chi connectivity index (χ3n) is 6.84. The molecule has 0 aliphatic carbocycles. The second-order valence-corrected chi connectivity index (χ2v) is 10.7. The van der Waals surface area contributed by atoms with Gasteiger partial charge >= 0.3 is 0 Å². The third-order valence-corrected chi connectivity index (χ3v) is 6.84. The van der Waals surface area contributed by atoms with Gasteiger partial charge in [-0.2, -0.15) is 4.98 Å². The summed E-state index contributed by atoms with van der Waals surface area (Å²) in [4.78, 5) is 30.0. The van der Waals surface area contributed by atoms with Gasteiger partial charge in [-0.3, -0.25) is 9.36 Å². The minimum absolute atomic E-state index is 0.00325. The first-order valence-electron chi connectivity index (χ1n) is 14.6. The van der Waals surface area contributed by atoms with Crippen molar-refractivity contribution < 1.29 is 18.7 Å². The van der Waals surface area contributed by atoms with Crippen molar-refractivity contribution in [1.29, 1.82) is 0 Å². The highest BCUT2D eigenvalue weighted by atomic mass is 19.1. The van der Waals surface area contributed by atoms with E-state index >= 15 is 4.39 Å². The number of hydrogen-bond donors (Lipinski definition) is 2. The van der Waals surface area contributed by atoms with Crippen molar-refractivity contribution in [2.45, 2.75) is 33.7 Å². The molecule has 2 heterocycles. The summed E-state index contributed by atoms with van der Waals surface area (Å²) in [7, 11) is 5.96. The Labute approximate surface area is 257 Å². The van der Waals surface area contributed by atoms with E-state index in [1.165, 1.54) is 12.1 Å². The zero-order valence-electron chi connectivity index (χ0n) is 26.4. The maximum Gasteiger partial charge on any atom is 0.297 e. The van der Waals surface area contributed by atoms with Gasteiger partial charge in [0.15, 0.2) is 5.82 Å². The van der Waals surface area contributed by atoms with Crippen molar-refractivity contribution in [1.82, 2.24) is 24.4 Å². The normalized spacial score (nSPS) is 11.2. The Kier molecular flexibility index (Phi) is 10.4. The summed E-state index contributed by atoms with van der Waals surface area (Å²) in [5.74, 6) is 0.0138. The minimum Gasteiger partial charge on any atom is -0.492 e. The number of benzene rings is 2. The smallest absolute Gasteiger partial charge is 0.297 e. The molecule has 1 amide bonds. The number of hydrogen-bond acceptors (Lipinski definition) is 9. The average Bonchev–Trinajstić information content (AvgIpc) is 3.36. The fraction of sp³-hybridized carbons (Fsp3) is 0.375. The second kappa shape index (κ2) is 14.2. The van der Waals surface area contributed by atoms with E-state index in [-0.39, 0.29) is 23.4 Å². The number of fused-ring (bicyclic) bond motifs is 1. The highest BCUT2D eigenvalue weighted by molar-refractivity contribution is 6.02. The first kappa shape index (κ1) is 32.2. The second-order valence-electron chi connectivity index (χ2n) is 10.7. The van der Waals surface area contributed by atoms with E-state index in [1.807, 2.05) is 70.4 Å². The molecule has 234 valence electrons. The molecular formula is C32H41FN8O3. The number of rotatable bonds is 14. The Bertz CT molecular complexity index is 1640. The lowest BCUT2D eigenvalue weighted by Crippen LogP contribution is -2.29. The Balaban J connectivity index is 1.75. The predicted molar refractivity (Wildman–Crippen MR) is 174 cm³/mol. The number of imidazole rings is 1. The van der Waals surface area contributed by atoms with E-state index in [1.54, 1.807) is 18.3 Å². The highest BCUT2D eigenvalue weighted by Gasteiger charge is 2.20. The third kappa shape index (κ3) is 7.25. The molecule has 2 N–H and O–H groups in total. The Morgan fingerprint density at radius 1 is 1.07 bits per heavy atom.